The smallest absolute Gasteiger partial charge is 0.245 e. The fourth-order valence-electron chi connectivity index (χ4n) is 4.44. The minimum atomic E-state index is 0.0286. The Kier molecular flexibility index (Phi) is 3.92. The second-order valence-electron chi connectivity index (χ2n) is 7.67. The highest BCUT2D eigenvalue weighted by Gasteiger charge is 2.47. The first-order valence-corrected chi connectivity index (χ1v) is 9.50. The lowest BCUT2D eigenvalue weighted by molar-refractivity contribution is -0.138. The fraction of sp³-hybridized carbons (Fsp3) is 0.400. The van der Waals surface area contributed by atoms with Gasteiger partial charge >= 0.3 is 0 Å². The predicted octanol–water partition coefficient (Wildman–Crippen LogP) is 1.79. The predicted molar refractivity (Wildman–Crippen MR) is 103 cm³/mol. The van der Waals surface area contributed by atoms with E-state index in [2.05, 4.69) is 16.8 Å². The monoisotopic (exact) mass is 378 g/mol. The van der Waals surface area contributed by atoms with Crippen LogP contribution in [-0.2, 0) is 11.8 Å². The van der Waals surface area contributed by atoms with E-state index >= 15 is 0 Å². The van der Waals surface area contributed by atoms with Crippen LogP contribution in [0.3, 0.4) is 0 Å². The summed E-state index contributed by atoms with van der Waals surface area (Å²) in [6.45, 7) is 5.78. The molecule has 1 aliphatic carbocycles. The summed E-state index contributed by atoms with van der Waals surface area (Å²) in [7, 11) is 1.88. The number of piperidine rings is 2. The van der Waals surface area contributed by atoms with Crippen molar-refractivity contribution in [3.8, 4) is 17.1 Å². The van der Waals surface area contributed by atoms with Crippen molar-refractivity contribution in [1.82, 2.24) is 29.3 Å². The molecule has 2 atom stereocenters. The molecule has 2 bridgehead atoms. The second kappa shape index (κ2) is 6.47. The maximum absolute atomic E-state index is 11.9. The third-order valence-electron chi connectivity index (χ3n) is 5.98. The van der Waals surface area contributed by atoms with Crippen molar-refractivity contribution in [2.24, 2.45) is 24.8 Å². The zero-order valence-corrected chi connectivity index (χ0v) is 15.7. The minimum absolute atomic E-state index is 0.0286. The standard InChI is InChI=1S/C20H22N6O2/c1-3-19(27)25-9-13-6-14(10-25)16(13)12-28-20-18-4-5-21-26(18)11-17(23-20)15-7-22-24(2)8-15/h3-5,7-8,11,13-14,16H,1,6,9-10,12H2,2H3. The molecule has 6 rings (SSSR count). The van der Waals surface area contributed by atoms with Gasteiger partial charge in [0.05, 0.1) is 30.9 Å². The van der Waals surface area contributed by atoms with Gasteiger partial charge in [-0.05, 0) is 30.4 Å². The van der Waals surface area contributed by atoms with Gasteiger partial charge in [0.1, 0.15) is 5.52 Å². The van der Waals surface area contributed by atoms with E-state index in [1.54, 1.807) is 21.6 Å². The molecule has 0 aromatic carbocycles. The Balaban J connectivity index is 1.34. The van der Waals surface area contributed by atoms with Crippen LogP contribution in [0.1, 0.15) is 6.42 Å². The van der Waals surface area contributed by atoms with E-state index in [-0.39, 0.29) is 5.91 Å². The zero-order valence-electron chi connectivity index (χ0n) is 15.7. The van der Waals surface area contributed by atoms with Gasteiger partial charge in [-0.2, -0.15) is 10.2 Å². The topological polar surface area (TPSA) is 77.6 Å². The largest absolute Gasteiger partial charge is 0.476 e. The number of aryl methyl sites for hydroxylation is 1. The van der Waals surface area contributed by atoms with Gasteiger partial charge in [-0.1, -0.05) is 6.58 Å². The van der Waals surface area contributed by atoms with E-state index in [0.717, 1.165) is 29.9 Å². The Morgan fingerprint density at radius 1 is 1.32 bits per heavy atom. The Hall–Kier alpha value is -3.16. The van der Waals surface area contributed by atoms with Crippen LogP contribution in [0.4, 0.5) is 0 Å². The number of hydrogen-bond donors (Lipinski definition) is 0. The van der Waals surface area contributed by atoms with Crippen molar-refractivity contribution in [3.63, 3.8) is 0 Å². The summed E-state index contributed by atoms with van der Waals surface area (Å²) in [5, 5.41) is 8.57. The van der Waals surface area contributed by atoms with Crippen molar-refractivity contribution in [1.29, 1.82) is 0 Å². The number of ether oxygens (including phenoxy) is 1. The van der Waals surface area contributed by atoms with Gasteiger partial charge in [-0.15, -0.1) is 0 Å². The van der Waals surface area contributed by atoms with Gasteiger partial charge in [0, 0.05) is 37.8 Å². The summed E-state index contributed by atoms with van der Waals surface area (Å²) >= 11 is 0. The van der Waals surface area contributed by atoms with Gasteiger partial charge < -0.3 is 9.64 Å². The number of nitrogens with zero attached hydrogens (tertiary/aromatic N) is 6. The number of hydrogen-bond acceptors (Lipinski definition) is 5. The van der Waals surface area contributed by atoms with Crippen LogP contribution in [0.5, 0.6) is 5.88 Å². The molecule has 1 saturated carbocycles. The second-order valence-corrected chi connectivity index (χ2v) is 7.67. The molecule has 5 heterocycles. The molecule has 8 heteroatoms. The maximum atomic E-state index is 11.9. The van der Waals surface area contributed by atoms with Gasteiger partial charge in [-0.25, -0.2) is 9.50 Å². The van der Waals surface area contributed by atoms with Crippen molar-refractivity contribution < 1.29 is 9.53 Å². The van der Waals surface area contributed by atoms with E-state index in [1.165, 1.54) is 12.5 Å². The van der Waals surface area contributed by atoms with E-state index < -0.39 is 0 Å². The van der Waals surface area contributed by atoms with Crippen molar-refractivity contribution in [2.75, 3.05) is 19.7 Å². The molecule has 0 N–H and O–H groups in total. The van der Waals surface area contributed by atoms with E-state index in [1.807, 2.05) is 30.4 Å². The number of carbonyl (C=O) groups excluding carboxylic acids is 1. The number of fused-ring (bicyclic) bond motifs is 3. The fourth-order valence-corrected chi connectivity index (χ4v) is 4.44. The molecule has 0 spiro atoms. The van der Waals surface area contributed by atoms with Crippen LogP contribution >= 0.6 is 0 Å². The summed E-state index contributed by atoms with van der Waals surface area (Å²) in [5.74, 6) is 2.06. The molecule has 3 aromatic heterocycles. The molecule has 1 amide bonds. The van der Waals surface area contributed by atoms with Crippen LogP contribution in [0, 0.1) is 17.8 Å². The van der Waals surface area contributed by atoms with Crippen LogP contribution in [0.2, 0.25) is 0 Å². The molecule has 2 unspecified atom stereocenters. The number of rotatable bonds is 5. The van der Waals surface area contributed by atoms with Gasteiger partial charge in [0.15, 0.2) is 0 Å². The quantitative estimate of drug-likeness (QED) is 0.633. The Morgan fingerprint density at radius 3 is 2.86 bits per heavy atom. The number of aromatic nitrogens is 5. The summed E-state index contributed by atoms with van der Waals surface area (Å²) < 4.78 is 9.72. The van der Waals surface area contributed by atoms with Crippen LogP contribution in [-0.4, -0.2) is 54.9 Å². The highest BCUT2D eigenvalue weighted by molar-refractivity contribution is 5.87. The first-order chi connectivity index (χ1) is 13.6. The summed E-state index contributed by atoms with van der Waals surface area (Å²) in [6, 6.07) is 1.90. The SMILES string of the molecule is C=CC(=O)N1CC2CC(C1)C2COc1nc(-c2cnn(C)c2)cn2nccc12. The molecular weight excluding hydrogens is 356 g/mol. The number of carbonyl (C=O) groups is 1. The molecular formula is C20H22N6O2. The molecule has 2 saturated heterocycles. The molecule has 3 aromatic rings. The van der Waals surface area contributed by atoms with Crippen molar-refractivity contribution >= 4 is 11.4 Å². The molecule has 3 aliphatic rings. The highest BCUT2D eigenvalue weighted by atomic mass is 16.5. The van der Waals surface area contributed by atoms with Crippen molar-refractivity contribution in [2.45, 2.75) is 6.42 Å². The van der Waals surface area contributed by atoms with Gasteiger partial charge in [0.25, 0.3) is 0 Å². The minimum Gasteiger partial charge on any atom is -0.476 e. The summed E-state index contributed by atoms with van der Waals surface area (Å²) in [5.41, 5.74) is 2.54. The van der Waals surface area contributed by atoms with Crippen molar-refractivity contribution in [3.05, 3.63) is 43.5 Å². The first kappa shape index (κ1) is 17.0. The molecule has 8 nitrogen and oxygen atoms in total. The average molecular weight is 378 g/mol. The Labute approximate surface area is 162 Å². The molecule has 0 radical (unpaired) electrons. The molecule has 3 fully saturated rings. The molecule has 2 aliphatic heterocycles. The normalized spacial score (nSPS) is 23.5. The molecule has 28 heavy (non-hydrogen) atoms. The lowest BCUT2D eigenvalue weighted by Gasteiger charge is -2.53. The third-order valence-corrected chi connectivity index (χ3v) is 5.98. The van der Waals surface area contributed by atoms with Crippen LogP contribution < -0.4 is 4.74 Å². The summed E-state index contributed by atoms with van der Waals surface area (Å²) in [4.78, 5) is 18.5. The number of amides is 1. The van der Waals surface area contributed by atoms with Gasteiger partial charge in [-0.3, -0.25) is 9.48 Å². The average Bonchev–Trinajstić information content (AvgIpc) is 3.36. The Bertz CT molecular complexity index is 1040. The lowest BCUT2D eigenvalue weighted by Crippen LogP contribution is -2.57. The Morgan fingerprint density at radius 2 is 2.14 bits per heavy atom. The summed E-state index contributed by atoms with van der Waals surface area (Å²) in [6.07, 6.45) is 9.90. The first-order valence-electron chi connectivity index (χ1n) is 9.50. The zero-order chi connectivity index (χ0) is 19.3. The maximum Gasteiger partial charge on any atom is 0.245 e. The van der Waals surface area contributed by atoms with Gasteiger partial charge in [0.2, 0.25) is 11.8 Å². The third kappa shape index (κ3) is 2.76. The lowest BCUT2D eigenvalue weighted by atomic mass is 9.62. The van der Waals surface area contributed by atoms with E-state index in [4.69, 9.17) is 9.72 Å². The van der Waals surface area contributed by atoms with E-state index in [9.17, 15) is 4.79 Å². The van der Waals surface area contributed by atoms with Crippen LogP contribution in [0.15, 0.2) is 43.5 Å². The van der Waals surface area contributed by atoms with Crippen LogP contribution in [0.25, 0.3) is 16.8 Å². The van der Waals surface area contributed by atoms with E-state index in [0.29, 0.717) is 30.2 Å². The molecule has 144 valence electrons. The highest BCUT2D eigenvalue weighted by Crippen LogP contribution is 2.45.